The van der Waals surface area contributed by atoms with Crippen LogP contribution >= 0.6 is 15.9 Å². The molecule has 3 heteroatoms. The molecule has 0 unspecified atom stereocenters. The fraction of sp³-hybridized carbons (Fsp3) is 0.333. The van der Waals surface area contributed by atoms with E-state index in [0.29, 0.717) is 18.0 Å². The Bertz CT molecular complexity index is 605. The fourth-order valence-electron chi connectivity index (χ4n) is 3.03. The zero-order valence-electron chi connectivity index (χ0n) is 12.0. The number of rotatable bonds is 4. The van der Waals surface area contributed by atoms with Gasteiger partial charge in [-0.2, -0.15) is 0 Å². The van der Waals surface area contributed by atoms with Gasteiger partial charge in [-0.3, -0.25) is 0 Å². The Morgan fingerprint density at radius 2 is 1.76 bits per heavy atom. The van der Waals surface area contributed by atoms with E-state index < -0.39 is 0 Å². The van der Waals surface area contributed by atoms with E-state index in [1.165, 1.54) is 11.1 Å². The molecule has 1 atom stereocenters. The Hall–Kier alpha value is -1.19. The molecule has 1 aliphatic rings. The van der Waals surface area contributed by atoms with Crippen LogP contribution in [-0.2, 0) is 0 Å². The quantitative estimate of drug-likeness (QED) is 0.802. The number of nitrogens with one attached hydrogen (secondary N) is 1. The summed E-state index contributed by atoms with van der Waals surface area (Å²) >= 11 is 3.61. The summed E-state index contributed by atoms with van der Waals surface area (Å²) in [5.41, 5.74) is 2.55. The average molecular weight is 348 g/mol. The van der Waals surface area contributed by atoms with Crippen molar-refractivity contribution in [1.29, 1.82) is 0 Å². The first-order valence-electron chi connectivity index (χ1n) is 7.39. The zero-order chi connectivity index (χ0) is 14.8. The molecular weight excluding hydrogens is 329 g/mol. The van der Waals surface area contributed by atoms with Gasteiger partial charge in [0, 0.05) is 16.6 Å². The molecule has 1 nitrogen and oxygen atoms in total. The second-order valence-corrected chi connectivity index (χ2v) is 6.68. The normalized spacial score (nSPS) is 22.6. The van der Waals surface area contributed by atoms with Crippen molar-refractivity contribution in [3.05, 3.63) is 69.9 Å². The maximum atomic E-state index is 12.9. The van der Waals surface area contributed by atoms with Gasteiger partial charge >= 0.3 is 0 Å². The smallest absolute Gasteiger partial charge is 0.123 e. The van der Waals surface area contributed by atoms with Crippen LogP contribution in [0, 0.1) is 5.82 Å². The van der Waals surface area contributed by atoms with Crippen molar-refractivity contribution in [3.63, 3.8) is 0 Å². The lowest BCUT2D eigenvalue weighted by atomic mass is 9.75. The highest BCUT2D eigenvalue weighted by molar-refractivity contribution is 9.10. The van der Waals surface area contributed by atoms with E-state index in [2.05, 4.69) is 46.4 Å². The van der Waals surface area contributed by atoms with Crippen molar-refractivity contribution >= 4 is 15.9 Å². The highest BCUT2D eigenvalue weighted by Crippen LogP contribution is 2.38. The summed E-state index contributed by atoms with van der Waals surface area (Å²) in [7, 11) is 0. The minimum atomic E-state index is -0.157. The van der Waals surface area contributed by atoms with Gasteiger partial charge in [-0.15, -0.1) is 0 Å². The third-order valence-corrected chi connectivity index (χ3v) is 5.06. The Morgan fingerprint density at radius 1 is 1.10 bits per heavy atom. The summed E-state index contributed by atoms with van der Waals surface area (Å²) < 4.78 is 14.1. The first kappa shape index (κ1) is 14.7. The summed E-state index contributed by atoms with van der Waals surface area (Å²) in [5.74, 6) is 0.407. The van der Waals surface area contributed by atoms with E-state index in [0.717, 1.165) is 17.3 Å². The van der Waals surface area contributed by atoms with Gasteiger partial charge in [0.1, 0.15) is 5.82 Å². The van der Waals surface area contributed by atoms with Crippen LogP contribution in [0.1, 0.15) is 42.9 Å². The van der Waals surface area contributed by atoms with Gasteiger partial charge in [-0.05, 0) is 55.0 Å². The first-order chi connectivity index (χ1) is 10.1. The molecular formula is C18H19BrFN. The third-order valence-electron chi connectivity index (χ3n) is 4.34. The molecule has 3 rings (SSSR count). The molecule has 0 heterocycles. The van der Waals surface area contributed by atoms with Crippen LogP contribution in [0.3, 0.4) is 0 Å². The lowest BCUT2D eigenvalue weighted by Gasteiger charge is -2.38. The summed E-state index contributed by atoms with van der Waals surface area (Å²) in [6.45, 7) is 2.20. The summed E-state index contributed by atoms with van der Waals surface area (Å²) in [6.07, 6.45) is 2.25. The van der Waals surface area contributed by atoms with Crippen LogP contribution in [-0.4, -0.2) is 6.04 Å². The van der Waals surface area contributed by atoms with Crippen LogP contribution in [0.5, 0.6) is 0 Å². The topological polar surface area (TPSA) is 12.0 Å². The molecule has 21 heavy (non-hydrogen) atoms. The van der Waals surface area contributed by atoms with Crippen LogP contribution in [0.4, 0.5) is 4.39 Å². The van der Waals surface area contributed by atoms with Crippen molar-refractivity contribution < 1.29 is 4.39 Å². The summed E-state index contributed by atoms with van der Waals surface area (Å²) in [4.78, 5) is 0. The maximum Gasteiger partial charge on any atom is 0.123 e. The molecule has 1 N–H and O–H groups in total. The molecule has 0 spiro atoms. The van der Waals surface area contributed by atoms with Crippen LogP contribution in [0.15, 0.2) is 53.0 Å². The Morgan fingerprint density at radius 3 is 2.43 bits per heavy atom. The van der Waals surface area contributed by atoms with Gasteiger partial charge in [-0.25, -0.2) is 4.39 Å². The van der Waals surface area contributed by atoms with Gasteiger partial charge in [0.25, 0.3) is 0 Å². The zero-order valence-corrected chi connectivity index (χ0v) is 13.6. The average Bonchev–Trinajstić information content (AvgIpc) is 2.44. The van der Waals surface area contributed by atoms with Gasteiger partial charge in [-0.1, -0.05) is 46.3 Å². The van der Waals surface area contributed by atoms with Crippen molar-refractivity contribution in [1.82, 2.24) is 5.32 Å². The number of hydrogen-bond acceptors (Lipinski definition) is 1. The van der Waals surface area contributed by atoms with Crippen LogP contribution in [0.2, 0.25) is 0 Å². The first-order valence-corrected chi connectivity index (χ1v) is 8.18. The lowest BCUT2D eigenvalue weighted by molar-refractivity contribution is 0.270. The van der Waals surface area contributed by atoms with E-state index in [1.807, 2.05) is 18.2 Å². The van der Waals surface area contributed by atoms with E-state index in [9.17, 15) is 4.39 Å². The largest absolute Gasteiger partial charge is 0.307 e. The second kappa shape index (κ2) is 6.29. The van der Waals surface area contributed by atoms with Crippen LogP contribution < -0.4 is 5.32 Å². The summed E-state index contributed by atoms with van der Waals surface area (Å²) in [5, 5.41) is 3.68. The summed E-state index contributed by atoms with van der Waals surface area (Å²) in [6, 6.07) is 16.1. The Balaban J connectivity index is 1.55. The Labute approximate surface area is 133 Å². The molecule has 0 aromatic heterocycles. The Kier molecular flexibility index (Phi) is 4.41. The van der Waals surface area contributed by atoms with Crippen molar-refractivity contribution in [2.24, 2.45) is 0 Å². The van der Waals surface area contributed by atoms with Gasteiger partial charge in [0.15, 0.2) is 0 Å². The van der Waals surface area contributed by atoms with E-state index in [4.69, 9.17) is 0 Å². The molecule has 0 aliphatic heterocycles. The van der Waals surface area contributed by atoms with Gasteiger partial charge in [0.2, 0.25) is 0 Å². The van der Waals surface area contributed by atoms with E-state index in [-0.39, 0.29) is 5.82 Å². The molecule has 1 fully saturated rings. The lowest BCUT2D eigenvalue weighted by Crippen LogP contribution is -2.41. The van der Waals surface area contributed by atoms with Crippen molar-refractivity contribution in [2.75, 3.05) is 0 Å². The molecule has 2 aromatic carbocycles. The molecule has 1 aliphatic carbocycles. The standard InChI is InChI=1S/C18H19BrFN/c1-12(17-4-2-3-5-18(17)19)21-16-10-14(11-16)13-6-8-15(20)9-7-13/h2-9,12,14,16,21H,10-11H2,1H3/t12-,14?,16?/m0/s1. The monoisotopic (exact) mass is 347 g/mol. The van der Waals surface area contributed by atoms with Crippen molar-refractivity contribution in [3.8, 4) is 0 Å². The predicted octanol–water partition coefficient (Wildman–Crippen LogP) is 5.19. The molecule has 0 bridgehead atoms. The molecule has 0 saturated heterocycles. The minimum Gasteiger partial charge on any atom is -0.307 e. The highest BCUT2D eigenvalue weighted by atomic mass is 79.9. The molecule has 0 radical (unpaired) electrons. The third kappa shape index (κ3) is 3.35. The van der Waals surface area contributed by atoms with Crippen molar-refractivity contribution in [2.45, 2.75) is 37.8 Å². The van der Waals surface area contributed by atoms with E-state index >= 15 is 0 Å². The molecule has 1 saturated carbocycles. The molecule has 2 aromatic rings. The molecule has 0 amide bonds. The molecule has 110 valence electrons. The number of benzene rings is 2. The van der Waals surface area contributed by atoms with Gasteiger partial charge < -0.3 is 5.32 Å². The highest BCUT2D eigenvalue weighted by Gasteiger charge is 2.31. The van der Waals surface area contributed by atoms with E-state index in [1.54, 1.807) is 12.1 Å². The number of halogens is 2. The van der Waals surface area contributed by atoms with Gasteiger partial charge in [0.05, 0.1) is 0 Å². The van der Waals surface area contributed by atoms with Crippen LogP contribution in [0.25, 0.3) is 0 Å². The number of hydrogen-bond donors (Lipinski definition) is 1. The minimum absolute atomic E-state index is 0.157. The predicted molar refractivity (Wildman–Crippen MR) is 87.9 cm³/mol. The fourth-order valence-corrected chi connectivity index (χ4v) is 3.66. The second-order valence-electron chi connectivity index (χ2n) is 5.83. The SMILES string of the molecule is C[C@H](NC1CC(c2ccc(F)cc2)C1)c1ccccc1Br. The maximum absolute atomic E-state index is 12.9.